The maximum absolute atomic E-state index is 11.2. The molecular weight excluding hydrogens is 388 g/mol. The van der Waals surface area contributed by atoms with Crippen LogP contribution in [0.15, 0.2) is 24.3 Å². The molecule has 1 N–H and O–H groups in total. The standard InChI is InChI=1S/C27H34O4/c1-16(15-18-9-11-19(12-10-18)25(28)29)20-23(30-7)17(2)21-22(24(20)31-8)27(5,6)14-13-26(21,3)4/h9-12,15H,13-14H2,1-8H3,(H,28,29). The van der Waals surface area contributed by atoms with Crippen LogP contribution in [0.5, 0.6) is 11.5 Å². The van der Waals surface area contributed by atoms with Gasteiger partial charge >= 0.3 is 5.97 Å². The number of rotatable bonds is 5. The third-order valence-electron chi connectivity index (χ3n) is 6.72. The monoisotopic (exact) mass is 422 g/mol. The summed E-state index contributed by atoms with van der Waals surface area (Å²) in [5.41, 5.74) is 6.99. The minimum Gasteiger partial charge on any atom is -0.496 e. The van der Waals surface area contributed by atoms with Crippen molar-refractivity contribution in [1.29, 1.82) is 0 Å². The molecule has 0 aromatic heterocycles. The summed E-state index contributed by atoms with van der Waals surface area (Å²) in [5.74, 6) is 0.800. The number of aromatic carboxylic acids is 1. The Bertz CT molecular complexity index is 1040. The molecule has 2 aromatic carbocycles. The fraction of sp³-hybridized carbons (Fsp3) is 0.444. The Balaban J connectivity index is 2.30. The molecule has 0 saturated heterocycles. The second-order valence-corrected chi connectivity index (χ2v) is 9.84. The lowest BCUT2D eigenvalue weighted by Crippen LogP contribution is -2.35. The highest BCUT2D eigenvalue weighted by molar-refractivity contribution is 5.90. The van der Waals surface area contributed by atoms with E-state index >= 15 is 0 Å². The molecule has 0 unspecified atom stereocenters. The van der Waals surface area contributed by atoms with E-state index < -0.39 is 5.97 Å². The molecule has 0 bridgehead atoms. The highest BCUT2D eigenvalue weighted by Crippen LogP contribution is 2.55. The van der Waals surface area contributed by atoms with Crippen LogP contribution in [0.4, 0.5) is 0 Å². The van der Waals surface area contributed by atoms with Gasteiger partial charge in [0, 0.05) is 5.56 Å². The summed E-state index contributed by atoms with van der Waals surface area (Å²) in [6.07, 6.45) is 4.26. The lowest BCUT2D eigenvalue weighted by atomic mass is 9.61. The van der Waals surface area contributed by atoms with Crippen molar-refractivity contribution in [3.05, 3.63) is 57.6 Å². The normalized spacial score (nSPS) is 17.1. The summed E-state index contributed by atoms with van der Waals surface area (Å²) in [7, 11) is 3.45. The Morgan fingerprint density at radius 1 is 0.935 bits per heavy atom. The molecule has 0 saturated carbocycles. The van der Waals surface area contributed by atoms with E-state index in [0.29, 0.717) is 0 Å². The van der Waals surface area contributed by atoms with E-state index in [1.165, 1.54) is 16.7 Å². The lowest BCUT2D eigenvalue weighted by Gasteiger charge is -2.44. The number of hydrogen-bond donors (Lipinski definition) is 1. The minimum atomic E-state index is -0.925. The maximum Gasteiger partial charge on any atom is 0.335 e. The van der Waals surface area contributed by atoms with E-state index in [4.69, 9.17) is 14.6 Å². The van der Waals surface area contributed by atoms with Crippen molar-refractivity contribution in [3.8, 4) is 11.5 Å². The van der Waals surface area contributed by atoms with E-state index in [-0.39, 0.29) is 16.4 Å². The number of carboxylic acids is 1. The van der Waals surface area contributed by atoms with Gasteiger partial charge in [0.25, 0.3) is 0 Å². The second-order valence-electron chi connectivity index (χ2n) is 9.84. The van der Waals surface area contributed by atoms with Crippen LogP contribution in [0.3, 0.4) is 0 Å². The summed E-state index contributed by atoms with van der Waals surface area (Å²) in [5, 5.41) is 9.16. The first-order valence-corrected chi connectivity index (χ1v) is 10.8. The Morgan fingerprint density at radius 2 is 1.45 bits per heavy atom. The van der Waals surface area contributed by atoms with E-state index in [0.717, 1.165) is 41.0 Å². The van der Waals surface area contributed by atoms with Crippen LogP contribution in [-0.4, -0.2) is 25.3 Å². The smallest absolute Gasteiger partial charge is 0.335 e. The zero-order valence-electron chi connectivity index (χ0n) is 20.0. The fourth-order valence-corrected chi connectivity index (χ4v) is 5.06. The average molecular weight is 423 g/mol. The van der Waals surface area contributed by atoms with Crippen molar-refractivity contribution >= 4 is 17.6 Å². The molecule has 4 nitrogen and oxygen atoms in total. The average Bonchev–Trinajstić information content (AvgIpc) is 2.70. The van der Waals surface area contributed by atoms with E-state index in [1.807, 2.05) is 12.1 Å². The van der Waals surface area contributed by atoms with E-state index in [9.17, 15) is 4.79 Å². The van der Waals surface area contributed by atoms with Gasteiger partial charge in [0.2, 0.25) is 0 Å². The molecule has 0 radical (unpaired) electrons. The molecule has 0 aliphatic heterocycles. The van der Waals surface area contributed by atoms with Gasteiger partial charge in [0.1, 0.15) is 11.5 Å². The minimum absolute atomic E-state index is 0.00854. The van der Waals surface area contributed by atoms with Gasteiger partial charge in [-0.25, -0.2) is 4.79 Å². The largest absolute Gasteiger partial charge is 0.496 e. The molecule has 2 aromatic rings. The number of hydrogen-bond acceptors (Lipinski definition) is 3. The summed E-state index contributed by atoms with van der Waals surface area (Å²) in [4.78, 5) is 11.2. The van der Waals surface area contributed by atoms with Gasteiger partial charge in [0.15, 0.2) is 0 Å². The van der Waals surface area contributed by atoms with Crippen molar-refractivity contribution in [1.82, 2.24) is 0 Å². The number of methoxy groups -OCH3 is 2. The number of carboxylic acid groups (broad SMARTS) is 1. The molecule has 4 heteroatoms. The predicted molar refractivity (Wildman–Crippen MR) is 127 cm³/mol. The number of fused-ring (bicyclic) bond motifs is 1. The Hall–Kier alpha value is -2.75. The Kier molecular flexibility index (Phi) is 5.96. The molecule has 31 heavy (non-hydrogen) atoms. The zero-order chi connectivity index (χ0) is 23.1. The fourth-order valence-electron chi connectivity index (χ4n) is 5.06. The van der Waals surface area contributed by atoms with Crippen molar-refractivity contribution in [3.63, 3.8) is 0 Å². The SMILES string of the molecule is COc1c(C)c2c(c(OC)c1C(C)=Cc1ccc(C(=O)O)cc1)C(C)(C)CCC2(C)C. The molecule has 0 atom stereocenters. The van der Waals surface area contributed by atoms with Gasteiger partial charge in [-0.05, 0) is 71.9 Å². The van der Waals surface area contributed by atoms with Crippen molar-refractivity contribution in [2.75, 3.05) is 14.2 Å². The summed E-state index contributed by atoms with van der Waals surface area (Å²) < 4.78 is 12.0. The molecule has 0 fully saturated rings. The van der Waals surface area contributed by atoms with Crippen LogP contribution in [0.25, 0.3) is 11.6 Å². The summed E-state index contributed by atoms with van der Waals surface area (Å²) in [6.45, 7) is 13.4. The third-order valence-corrected chi connectivity index (χ3v) is 6.72. The molecular formula is C27H34O4. The van der Waals surface area contributed by atoms with Crippen molar-refractivity contribution in [2.24, 2.45) is 0 Å². The van der Waals surface area contributed by atoms with Crippen LogP contribution < -0.4 is 9.47 Å². The van der Waals surface area contributed by atoms with E-state index in [1.54, 1.807) is 26.4 Å². The topological polar surface area (TPSA) is 55.8 Å². The number of carbonyl (C=O) groups is 1. The summed E-state index contributed by atoms with van der Waals surface area (Å²) in [6, 6.07) is 6.90. The number of ether oxygens (including phenoxy) is 2. The van der Waals surface area contributed by atoms with E-state index in [2.05, 4.69) is 47.6 Å². The van der Waals surface area contributed by atoms with Crippen LogP contribution in [-0.2, 0) is 10.8 Å². The van der Waals surface area contributed by atoms with Gasteiger partial charge in [-0.3, -0.25) is 0 Å². The predicted octanol–water partition coefficient (Wildman–Crippen LogP) is 6.62. The van der Waals surface area contributed by atoms with Gasteiger partial charge in [-0.1, -0.05) is 45.9 Å². The molecule has 1 aliphatic rings. The van der Waals surface area contributed by atoms with Crippen LogP contribution >= 0.6 is 0 Å². The van der Waals surface area contributed by atoms with Gasteiger partial charge in [0.05, 0.1) is 25.3 Å². The van der Waals surface area contributed by atoms with Crippen LogP contribution in [0.2, 0.25) is 0 Å². The molecule has 1 aliphatic carbocycles. The quantitative estimate of drug-likeness (QED) is 0.550. The van der Waals surface area contributed by atoms with Gasteiger partial charge < -0.3 is 14.6 Å². The highest BCUT2D eigenvalue weighted by atomic mass is 16.5. The molecule has 3 rings (SSSR count). The third kappa shape index (κ3) is 3.96. The van der Waals surface area contributed by atoms with Crippen LogP contribution in [0, 0.1) is 6.92 Å². The first-order chi connectivity index (χ1) is 14.4. The molecule has 0 spiro atoms. The highest BCUT2D eigenvalue weighted by Gasteiger charge is 2.42. The van der Waals surface area contributed by atoms with Crippen molar-refractivity contribution < 1.29 is 19.4 Å². The van der Waals surface area contributed by atoms with Gasteiger partial charge in [-0.2, -0.15) is 0 Å². The first kappa shape index (κ1) is 22.9. The molecule has 166 valence electrons. The first-order valence-electron chi connectivity index (χ1n) is 10.8. The Morgan fingerprint density at radius 3 is 1.94 bits per heavy atom. The zero-order valence-corrected chi connectivity index (χ0v) is 20.0. The van der Waals surface area contributed by atoms with Gasteiger partial charge in [-0.15, -0.1) is 0 Å². The molecule has 0 amide bonds. The molecule has 0 heterocycles. The lowest BCUT2D eigenvalue weighted by molar-refractivity contribution is 0.0697. The number of benzene rings is 2. The second kappa shape index (κ2) is 8.07. The van der Waals surface area contributed by atoms with Crippen molar-refractivity contribution in [2.45, 2.75) is 65.2 Å². The summed E-state index contributed by atoms with van der Waals surface area (Å²) >= 11 is 0. The Labute approximate surface area is 185 Å². The number of allylic oxidation sites excluding steroid dienone is 1. The maximum atomic E-state index is 11.2. The van der Waals surface area contributed by atoms with Crippen LogP contribution in [0.1, 0.15) is 85.6 Å².